The summed E-state index contributed by atoms with van der Waals surface area (Å²) in [4.78, 5) is 11.8. The van der Waals surface area contributed by atoms with Crippen molar-refractivity contribution >= 4 is 0 Å². The van der Waals surface area contributed by atoms with Crippen molar-refractivity contribution in [1.29, 1.82) is 5.26 Å². The second kappa shape index (κ2) is 6.79. The van der Waals surface area contributed by atoms with Crippen molar-refractivity contribution in [3.05, 3.63) is 70.5 Å². The first-order chi connectivity index (χ1) is 11.7. The summed E-state index contributed by atoms with van der Waals surface area (Å²) in [5, 5.41) is 12.9. The molecule has 0 spiro atoms. The molecule has 6 nitrogen and oxygen atoms in total. The monoisotopic (exact) mass is 325 g/mol. The van der Waals surface area contributed by atoms with E-state index in [9.17, 15) is 9.18 Å². The van der Waals surface area contributed by atoms with Crippen molar-refractivity contribution in [2.24, 2.45) is 0 Å². The van der Waals surface area contributed by atoms with E-state index in [0.717, 1.165) is 4.68 Å². The Morgan fingerprint density at radius 2 is 2.04 bits per heavy atom. The van der Waals surface area contributed by atoms with Crippen LogP contribution >= 0.6 is 0 Å². The fraction of sp³-hybridized carbons (Fsp3) is 0.118. The van der Waals surface area contributed by atoms with Gasteiger partial charge in [0, 0.05) is 5.56 Å². The summed E-state index contributed by atoms with van der Waals surface area (Å²) in [6, 6.07) is 14.2. The highest BCUT2D eigenvalue weighted by atomic mass is 19.1. The normalized spacial score (nSPS) is 10.3. The molecule has 0 saturated heterocycles. The predicted molar refractivity (Wildman–Crippen MR) is 82.8 cm³/mol. The molecule has 0 aliphatic rings. The van der Waals surface area contributed by atoms with Gasteiger partial charge in [0.1, 0.15) is 18.2 Å². The zero-order valence-electron chi connectivity index (χ0n) is 12.5. The van der Waals surface area contributed by atoms with E-state index in [-0.39, 0.29) is 24.9 Å². The molecular weight excluding hydrogens is 313 g/mol. The molecule has 0 radical (unpaired) electrons. The van der Waals surface area contributed by atoms with Gasteiger partial charge in [-0.25, -0.2) is 9.18 Å². The molecule has 0 aliphatic heterocycles. The van der Waals surface area contributed by atoms with Crippen LogP contribution in [0.4, 0.5) is 4.39 Å². The highest BCUT2D eigenvalue weighted by Crippen LogP contribution is 2.16. The lowest BCUT2D eigenvalue weighted by molar-refractivity contribution is 0.285. The molecule has 3 rings (SSSR count). The highest BCUT2D eigenvalue weighted by Gasteiger charge is 2.10. The molecule has 0 amide bonds. The van der Waals surface area contributed by atoms with E-state index in [4.69, 9.17) is 14.4 Å². The number of ether oxygens (including phenoxy) is 1. The van der Waals surface area contributed by atoms with Crippen LogP contribution in [0.2, 0.25) is 0 Å². The topological polar surface area (TPSA) is 81.0 Å². The highest BCUT2D eigenvalue weighted by molar-refractivity contribution is 5.51. The Hall–Kier alpha value is -3.40. The van der Waals surface area contributed by atoms with Gasteiger partial charge in [0.15, 0.2) is 0 Å². The zero-order valence-corrected chi connectivity index (χ0v) is 12.5. The van der Waals surface area contributed by atoms with Crippen molar-refractivity contribution in [2.45, 2.75) is 6.54 Å². The van der Waals surface area contributed by atoms with E-state index < -0.39 is 5.76 Å². The molecule has 0 bridgehead atoms. The molecule has 0 fully saturated rings. The maximum atomic E-state index is 12.9. The predicted octanol–water partition coefficient (Wildman–Crippen LogP) is 2.59. The molecule has 0 saturated carbocycles. The summed E-state index contributed by atoms with van der Waals surface area (Å²) < 4.78 is 24.6. The number of rotatable bonds is 5. The quantitative estimate of drug-likeness (QED) is 0.720. The van der Waals surface area contributed by atoms with Gasteiger partial charge in [-0.1, -0.05) is 6.07 Å². The van der Waals surface area contributed by atoms with Crippen LogP contribution in [-0.2, 0) is 6.54 Å². The Kier molecular flexibility index (Phi) is 4.38. The molecule has 120 valence electrons. The number of nitrogens with zero attached hydrogens (tertiary/aromatic N) is 3. The third-order valence-electron chi connectivity index (χ3n) is 3.23. The Balaban J connectivity index is 1.67. The molecule has 0 atom stereocenters. The minimum Gasteiger partial charge on any atom is -0.492 e. The van der Waals surface area contributed by atoms with Gasteiger partial charge in [-0.2, -0.15) is 9.94 Å². The van der Waals surface area contributed by atoms with Gasteiger partial charge in [0.05, 0.1) is 18.2 Å². The Morgan fingerprint density at radius 3 is 2.79 bits per heavy atom. The van der Waals surface area contributed by atoms with Crippen LogP contribution in [0.15, 0.2) is 57.7 Å². The zero-order chi connectivity index (χ0) is 16.9. The Labute approximate surface area is 136 Å². The van der Waals surface area contributed by atoms with Crippen molar-refractivity contribution in [2.75, 3.05) is 6.61 Å². The van der Waals surface area contributed by atoms with Crippen LogP contribution < -0.4 is 10.5 Å². The molecule has 3 aromatic rings. The van der Waals surface area contributed by atoms with E-state index >= 15 is 0 Å². The summed E-state index contributed by atoms with van der Waals surface area (Å²) >= 11 is 0. The molecule has 2 aromatic carbocycles. The average Bonchev–Trinajstić information content (AvgIpc) is 2.97. The summed E-state index contributed by atoms with van der Waals surface area (Å²) in [6.07, 6.45) is 0. The van der Waals surface area contributed by atoms with E-state index in [1.165, 1.54) is 24.3 Å². The fourth-order valence-electron chi connectivity index (χ4n) is 2.06. The first-order valence-corrected chi connectivity index (χ1v) is 7.12. The average molecular weight is 325 g/mol. The third kappa shape index (κ3) is 3.50. The van der Waals surface area contributed by atoms with Gasteiger partial charge in [-0.05, 0) is 42.5 Å². The van der Waals surface area contributed by atoms with E-state index in [1.807, 2.05) is 6.07 Å². The second-order valence-corrected chi connectivity index (χ2v) is 4.89. The number of nitriles is 1. The van der Waals surface area contributed by atoms with Gasteiger partial charge in [-0.3, -0.25) is 0 Å². The largest absolute Gasteiger partial charge is 0.492 e. The molecule has 24 heavy (non-hydrogen) atoms. The van der Waals surface area contributed by atoms with E-state index in [2.05, 4.69) is 5.10 Å². The maximum Gasteiger partial charge on any atom is 0.437 e. The third-order valence-corrected chi connectivity index (χ3v) is 3.23. The molecule has 0 N–H and O–H groups in total. The maximum absolute atomic E-state index is 12.9. The summed E-state index contributed by atoms with van der Waals surface area (Å²) in [5.41, 5.74) is 1.000. The molecule has 7 heteroatoms. The van der Waals surface area contributed by atoms with Crippen LogP contribution in [0.25, 0.3) is 11.5 Å². The van der Waals surface area contributed by atoms with Crippen molar-refractivity contribution in [3.63, 3.8) is 0 Å². The Bertz CT molecular complexity index is 939. The number of hydrogen-bond acceptors (Lipinski definition) is 5. The van der Waals surface area contributed by atoms with E-state index in [1.54, 1.807) is 24.3 Å². The summed E-state index contributed by atoms with van der Waals surface area (Å²) in [5.74, 6) is -0.354. The van der Waals surface area contributed by atoms with Gasteiger partial charge in [0.25, 0.3) is 0 Å². The molecule has 0 aliphatic carbocycles. The Morgan fingerprint density at radius 1 is 1.25 bits per heavy atom. The van der Waals surface area contributed by atoms with Crippen LogP contribution in [-0.4, -0.2) is 16.4 Å². The van der Waals surface area contributed by atoms with Gasteiger partial charge >= 0.3 is 5.76 Å². The summed E-state index contributed by atoms with van der Waals surface area (Å²) in [6.45, 7) is 0.366. The lowest BCUT2D eigenvalue weighted by atomic mass is 10.2. The smallest absolute Gasteiger partial charge is 0.437 e. The standard InChI is InChI=1S/C17H12FN3O3/c18-14-6-4-13(5-7-14)16-20-21(17(22)24-16)8-9-23-15-3-1-2-12(10-15)11-19/h1-7,10H,8-9H2. The van der Waals surface area contributed by atoms with Crippen molar-refractivity contribution < 1.29 is 13.5 Å². The number of aromatic nitrogens is 2. The fourth-order valence-corrected chi connectivity index (χ4v) is 2.06. The van der Waals surface area contributed by atoms with Gasteiger partial charge in [0.2, 0.25) is 5.89 Å². The minimum atomic E-state index is -0.622. The van der Waals surface area contributed by atoms with Crippen molar-refractivity contribution in [1.82, 2.24) is 9.78 Å². The molecule has 1 aromatic heterocycles. The van der Waals surface area contributed by atoms with Crippen LogP contribution in [0.1, 0.15) is 5.56 Å². The number of hydrogen-bond donors (Lipinski definition) is 0. The molecule has 1 heterocycles. The SMILES string of the molecule is N#Cc1cccc(OCCn2nc(-c3ccc(F)cc3)oc2=O)c1. The minimum absolute atomic E-state index is 0.117. The number of benzene rings is 2. The number of halogens is 1. The van der Waals surface area contributed by atoms with Gasteiger partial charge < -0.3 is 9.15 Å². The van der Waals surface area contributed by atoms with Crippen LogP contribution in [0, 0.1) is 17.1 Å². The summed E-state index contributed by atoms with van der Waals surface area (Å²) in [7, 11) is 0. The second-order valence-electron chi connectivity index (χ2n) is 4.89. The van der Waals surface area contributed by atoms with E-state index in [0.29, 0.717) is 16.9 Å². The van der Waals surface area contributed by atoms with Crippen molar-refractivity contribution in [3.8, 4) is 23.3 Å². The first kappa shape index (κ1) is 15.5. The van der Waals surface area contributed by atoms with Crippen LogP contribution in [0.5, 0.6) is 5.75 Å². The lowest BCUT2D eigenvalue weighted by Crippen LogP contribution is -2.20. The first-order valence-electron chi connectivity index (χ1n) is 7.12. The molecular formula is C17H12FN3O3. The van der Waals surface area contributed by atoms with Gasteiger partial charge in [-0.15, -0.1) is 5.10 Å². The lowest BCUT2D eigenvalue weighted by Gasteiger charge is -2.05. The van der Waals surface area contributed by atoms with Crippen LogP contribution in [0.3, 0.4) is 0 Å². The molecule has 0 unspecified atom stereocenters.